The van der Waals surface area contributed by atoms with Crippen molar-refractivity contribution >= 4 is 23.9 Å². The Morgan fingerprint density at radius 1 is 0.430 bits per heavy atom. The topological polar surface area (TPSA) is 175 Å². The molecule has 1 aliphatic rings. The number of aliphatic carboxylic acids is 1. The molecule has 0 aromatic heterocycles. The van der Waals surface area contributed by atoms with Gasteiger partial charge in [-0.15, -0.1) is 0 Å². The van der Waals surface area contributed by atoms with Crippen molar-refractivity contribution < 1.29 is 58.2 Å². The van der Waals surface area contributed by atoms with E-state index in [1.54, 1.807) is 0 Å². The van der Waals surface area contributed by atoms with Crippen LogP contribution in [0.3, 0.4) is 0 Å². The van der Waals surface area contributed by atoms with E-state index >= 15 is 0 Å². The molecule has 0 spiro atoms. The number of esters is 3. The van der Waals surface area contributed by atoms with Crippen molar-refractivity contribution in [3.63, 3.8) is 0 Å². The first kappa shape index (κ1) is 73.2. The molecule has 0 radical (unpaired) electrons. The molecule has 1 rings (SSSR count). The zero-order valence-corrected chi connectivity index (χ0v) is 50.1. The van der Waals surface area contributed by atoms with Crippen LogP contribution in [-0.4, -0.2) is 89.2 Å². The lowest BCUT2D eigenvalue weighted by Gasteiger charge is -2.40. The number of aliphatic hydroxyl groups is 2. The van der Waals surface area contributed by atoms with Crippen LogP contribution in [0, 0.1) is 0 Å². The van der Waals surface area contributed by atoms with E-state index in [9.17, 15) is 34.5 Å². The van der Waals surface area contributed by atoms with Crippen LogP contribution >= 0.6 is 0 Å². The molecule has 1 saturated heterocycles. The summed E-state index contributed by atoms with van der Waals surface area (Å²) in [6.45, 7) is 5.85. The molecule has 12 heteroatoms. The van der Waals surface area contributed by atoms with Crippen LogP contribution in [0.5, 0.6) is 0 Å². The maximum Gasteiger partial charge on any atom is 0.335 e. The second-order valence-corrected chi connectivity index (χ2v) is 21.7. The molecular weight excluding hydrogens is 997 g/mol. The molecule has 0 aliphatic carbocycles. The number of rotatable bonds is 54. The highest BCUT2D eigenvalue weighted by Gasteiger charge is 2.50. The largest absolute Gasteiger partial charge is 0.479 e. The van der Waals surface area contributed by atoms with Gasteiger partial charge in [-0.05, 0) is 109 Å². The summed E-state index contributed by atoms with van der Waals surface area (Å²) in [6, 6.07) is 0. The van der Waals surface area contributed by atoms with Gasteiger partial charge in [-0.25, -0.2) is 4.79 Å². The number of carboxylic acids is 1. The first-order valence-corrected chi connectivity index (χ1v) is 31.9. The molecule has 1 fully saturated rings. The van der Waals surface area contributed by atoms with Gasteiger partial charge in [-0.1, -0.05) is 222 Å². The van der Waals surface area contributed by atoms with Crippen molar-refractivity contribution in [3.8, 4) is 0 Å². The van der Waals surface area contributed by atoms with E-state index in [1.807, 2.05) is 0 Å². The Kier molecular flexibility index (Phi) is 50.7. The van der Waals surface area contributed by atoms with Crippen LogP contribution in [0.1, 0.15) is 278 Å². The number of carbonyl (C=O) groups is 4. The molecule has 0 amide bonds. The summed E-state index contributed by atoms with van der Waals surface area (Å²) < 4.78 is 28.5. The average molecular weight is 1110 g/mol. The van der Waals surface area contributed by atoms with E-state index in [2.05, 4.69) is 93.7 Å². The van der Waals surface area contributed by atoms with Crippen LogP contribution in [0.15, 0.2) is 72.9 Å². The van der Waals surface area contributed by atoms with Gasteiger partial charge in [0.05, 0.1) is 6.61 Å². The second kappa shape index (κ2) is 54.7. The Bertz CT molecular complexity index is 1650. The SMILES string of the molecule is CC/C=C\C/C=C\C/C=C\CCCCCC(=O)OC1C(OCC(COC(=O)CCCCCCCCCCC/C=C\C/C=C\CCCCC)OC(=O)CCCCCCCCC/C=C\CCCCCCCC)OC(C(=O)O)C(O)C1O. The summed E-state index contributed by atoms with van der Waals surface area (Å²) in [6.07, 6.45) is 57.2. The molecule has 12 nitrogen and oxygen atoms in total. The fraction of sp³-hybridized carbons (Fsp3) is 0.761. The van der Waals surface area contributed by atoms with Crippen molar-refractivity contribution in [2.45, 2.75) is 314 Å². The van der Waals surface area contributed by atoms with E-state index in [0.717, 1.165) is 103 Å². The predicted molar refractivity (Wildman–Crippen MR) is 322 cm³/mol. The maximum atomic E-state index is 13.2. The molecule has 79 heavy (non-hydrogen) atoms. The lowest BCUT2D eigenvalue weighted by Crippen LogP contribution is -2.61. The number of hydrogen-bond donors (Lipinski definition) is 3. The second-order valence-electron chi connectivity index (χ2n) is 21.7. The van der Waals surface area contributed by atoms with Gasteiger partial charge in [-0.2, -0.15) is 0 Å². The summed E-state index contributed by atoms with van der Waals surface area (Å²) in [7, 11) is 0. The minimum atomic E-state index is -1.92. The molecule has 1 aliphatic heterocycles. The van der Waals surface area contributed by atoms with Gasteiger partial charge in [0.2, 0.25) is 0 Å². The number of unbranched alkanes of at least 4 members (excludes halogenated alkanes) is 28. The number of ether oxygens (including phenoxy) is 5. The van der Waals surface area contributed by atoms with Gasteiger partial charge < -0.3 is 39.0 Å². The highest BCUT2D eigenvalue weighted by molar-refractivity contribution is 5.74. The minimum absolute atomic E-state index is 0.0234. The summed E-state index contributed by atoms with van der Waals surface area (Å²) in [5, 5.41) is 31.5. The molecular formula is C67H114O12. The molecule has 0 saturated carbocycles. The zero-order valence-electron chi connectivity index (χ0n) is 50.1. The van der Waals surface area contributed by atoms with Crippen molar-refractivity contribution in [2.24, 2.45) is 0 Å². The fourth-order valence-electron chi connectivity index (χ4n) is 9.35. The van der Waals surface area contributed by atoms with E-state index in [-0.39, 0.29) is 25.9 Å². The number of aliphatic hydroxyl groups excluding tert-OH is 2. The van der Waals surface area contributed by atoms with E-state index in [4.69, 9.17) is 23.7 Å². The fourth-order valence-corrected chi connectivity index (χ4v) is 9.35. The monoisotopic (exact) mass is 1110 g/mol. The van der Waals surface area contributed by atoms with Crippen LogP contribution < -0.4 is 0 Å². The molecule has 1 heterocycles. The first-order valence-electron chi connectivity index (χ1n) is 31.9. The van der Waals surface area contributed by atoms with E-state index < -0.39 is 67.3 Å². The van der Waals surface area contributed by atoms with Crippen LogP contribution in [0.25, 0.3) is 0 Å². The van der Waals surface area contributed by atoms with Gasteiger partial charge in [0.1, 0.15) is 18.8 Å². The highest BCUT2D eigenvalue weighted by Crippen LogP contribution is 2.26. The van der Waals surface area contributed by atoms with Crippen LogP contribution in [0.4, 0.5) is 0 Å². The normalized spacial score (nSPS) is 18.3. The summed E-state index contributed by atoms with van der Waals surface area (Å²) >= 11 is 0. The lowest BCUT2D eigenvalue weighted by atomic mass is 9.98. The molecule has 3 N–H and O–H groups in total. The summed E-state index contributed by atoms with van der Waals surface area (Å²) in [4.78, 5) is 51.3. The summed E-state index contributed by atoms with van der Waals surface area (Å²) in [5.74, 6) is -3.16. The Morgan fingerprint density at radius 2 is 0.797 bits per heavy atom. The Labute approximate surface area is 480 Å². The molecule has 454 valence electrons. The van der Waals surface area contributed by atoms with Crippen LogP contribution in [-0.2, 0) is 42.9 Å². The Balaban J connectivity index is 2.67. The molecule has 0 aromatic carbocycles. The van der Waals surface area contributed by atoms with Gasteiger partial charge in [0, 0.05) is 19.3 Å². The Hall–Kier alpha value is -3.84. The van der Waals surface area contributed by atoms with Gasteiger partial charge in [-0.3, -0.25) is 14.4 Å². The van der Waals surface area contributed by atoms with Gasteiger partial charge in [0.15, 0.2) is 24.6 Å². The Morgan fingerprint density at radius 3 is 1.27 bits per heavy atom. The third kappa shape index (κ3) is 44.5. The molecule has 0 aromatic rings. The van der Waals surface area contributed by atoms with Crippen molar-refractivity contribution in [1.29, 1.82) is 0 Å². The number of hydrogen-bond acceptors (Lipinski definition) is 11. The van der Waals surface area contributed by atoms with Crippen molar-refractivity contribution in [2.75, 3.05) is 13.2 Å². The van der Waals surface area contributed by atoms with E-state index in [0.29, 0.717) is 19.3 Å². The standard InChI is InChI=1S/C67H114O12/c1-4-7-10-13-16-19-22-25-27-29-30-32-33-36-38-41-44-47-50-53-59(68)75-56-58(77-60(69)54-51-48-45-42-40-37-34-31-28-26-23-20-17-14-11-8-5-2)57-76-67-65(63(72)62(71)64(79-67)66(73)74)78-61(70)55-52-49-46-43-39-35-24-21-18-15-12-9-6-3/h9,12,16,18-19,21,25-28,35,39,58,62-65,67,71-72H,4-8,10-11,13-15,17,20,22-24,29-34,36-38,40-57H2,1-3H3,(H,73,74)/b12-9-,19-16-,21-18-,27-25-,28-26-,39-35-. The molecule has 6 atom stereocenters. The minimum Gasteiger partial charge on any atom is -0.479 e. The van der Waals surface area contributed by atoms with E-state index in [1.165, 1.54) is 116 Å². The third-order valence-electron chi connectivity index (χ3n) is 14.2. The summed E-state index contributed by atoms with van der Waals surface area (Å²) in [5.41, 5.74) is 0. The molecule has 0 bridgehead atoms. The van der Waals surface area contributed by atoms with Gasteiger partial charge in [0.25, 0.3) is 0 Å². The maximum absolute atomic E-state index is 13.2. The van der Waals surface area contributed by atoms with Crippen LogP contribution in [0.2, 0.25) is 0 Å². The molecule has 6 unspecified atom stereocenters. The zero-order chi connectivity index (χ0) is 57.5. The predicted octanol–water partition coefficient (Wildman–Crippen LogP) is 16.9. The first-order chi connectivity index (χ1) is 38.6. The lowest BCUT2D eigenvalue weighted by molar-refractivity contribution is -0.301. The van der Waals surface area contributed by atoms with Gasteiger partial charge >= 0.3 is 23.9 Å². The van der Waals surface area contributed by atoms with Crippen molar-refractivity contribution in [3.05, 3.63) is 72.9 Å². The third-order valence-corrected chi connectivity index (χ3v) is 14.2. The number of allylic oxidation sites excluding steroid dienone is 12. The average Bonchev–Trinajstić information content (AvgIpc) is 3.46. The number of carboxylic acid groups (broad SMARTS) is 1. The smallest absolute Gasteiger partial charge is 0.335 e. The quantitative estimate of drug-likeness (QED) is 0.0228. The highest BCUT2D eigenvalue weighted by atomic mass is 16.7. The van der Waals surface area contributed by atoms with Crippen molar-refractivity contribution in [1.82, 2.24) is 0 Å². The number of carbonyl (C=O) groups excluding carboxylic acids is 3.